The van der Waals surface area contributed by atoms with Crippen LogP contribution in [0, 0.1) is 35.0 Å². The monoisotopic (exact) mass is 280 g/mol. The molecule has 2 bridgehead atoms. The molecule has 3 aliphatic rings. The summed E-state index contributed by atoms with van der Waals surface area (Å²) >= 11 is 0. The summed E-state index contributed by atoms with van der Waals surface area (Å²) in [5, 5.41) is 0. The van der Waals surface area contributed by atoms with Crippen molar-refractivity contribution < 1.29 is 19.1 Å². The van der Waals surface area contributed by atoms with E-state index in [0.29, 0.717) is 18.4 Å². The van der Waals surface area contributed by atoms with Crippen LogP contribution in [-0.2, 0) is 19.1 Å². The quantitative estimate of drug-likeness (QED) is 0.729. The normalized spacial score (nSPS) is 40.4. The van der Waals surface area contributed by atoms with Crippen LogP contribution >= 0.6 is 0 Å². The van der Waals surface area contributed by atoms with Crippen molar-refractivity contribution in [2.45, 2.75) is 46.6 Å². The highest BCUT2D eigenvalue weighted by Crippen LogP contribution is 2.56. The van der Waals surface area contributed by atoms with Gasteiger partial charge in [0.05, 0.1) is 18.4 Å². The van der Waals surface area contributed by atoms with E-state index in [-0.39, 0.29) is 41.2 Å². The van der Waals surface area contributed by atoms with E-state index in [9.17, 15) is 9.59 Å². The molecule has 112 valence electrons. The van der Waals surface area contributed by atoms with Crippen molar-refractivity contribution >= 4 is 11.9 Å². The molecule has 6 atom stereocenters. The van der Waals surface area contributed by atoms with E-state index in [2.05, 4.69) is 20.8 Å². The largest absolute Gasteiger partial charge is 0.465 e. The second kappa shape index (κ2) is 4.47. The Morgan fingerprint density at radius 1 is 1.30 bits per heavy atom. The molecule has 0 aromatic heterocycles. The lowest BCUT2D eigenvalue weighted by Crippen LogP contribution is -2.37. The Kier molecular flexibility index (Phi) is 3.11. The first kappa shape index (κ1) is 13.9. The smallest absolute Gasteiger partial charge is 0.309 e. The number of ether oxygens (including phenoxy) is 2. The fourth-order valence-corrected chi connectivity index (χ4v) is 4.04. The first-order valence-electron chi connectivity index (χ1n) is 7.66. The number of carbonyl (C=O) groups is 2. The summed E-state index contributed by atoms with van der Waals surface area (Å²) in [4.78, 5) is 23.9. The van der Waals surface area contributed by atoms with Crippen LogP contribution in [0.1, 0.15) is 40.5 Å². The highest BCUT2D eigenvalue weighted by molar-refractivity contribution is 5.76. The van der Waals surface area contributed by atoms with Gasteiger partial charge in [-0.1, -0.05) is 27.7 Å². The Morgan fingerprint density at radius 2 is 2.00 bits per heavy atom. The predicted octanol–water partition coefficient (Wildman–Crippen LogP) is 2.41. The van der Waals surface area contributed by atoms with Gasteiger partial charge >= 0.3 is 11.9 Å². The molecule has 3 fully saturated rings. The number of rotatable bonds is 2. The first-order valence-corrected chi connectivity index (χ1v) is 7.66. The zero-order chi connectivity index (χ0) is 14.7. The third kappa shape index (κ3) is 2.04. The van der Waals surface area contributed by atoms with Crippen molar-refractivity contribution in [3.8, 4) is 0 Å². The summed E-state index contributed by atoms with van der Waals surface area (Å²) in [5.41, 5.74) is -0.0797. The van der Waals surface area contributed by atoms with Gasteiger partial charge in [-0.15, -0.1) is 0 Å². The van der Waals surface area contributed by atoms with Crippen molar-refractivity contribution in [1.29, 1.82) is 0 Å². The molecule has 0 spiro atoms. The number of hydrogen-bond acceptors (Lipinski definition) is 4. The standard InChI is InChI=1S/C16H24O4/c1-8(16(2,3)4)14(17)20-12-6-9-5-10(12)11-7-19-15(18)13(9)11/h8-13H,5-7H2,1-4H3. The zero-order valence-corrected chi connectivity index (χ0v) is 12.7. The minimum absolute atomic E-state index is 0.00644. The van der Waals surface area contributed by atoms with Crippen LogP contribution < -0.4 is 0 Å². The lowest BCUT2D eigenvalue weighted by molar-refractivity contribution is -0.161. The van der Waals surface area contributed by atoms with Crippen molar-refractivity contribution in [2.24, 2.45) is 35.0 Å². The zero-order valence-electron chi connectivity index (χ0n) is 12.7. The van der Waals surface area contributed by atoms with Gasteiger partial charge in [0, 0.05) is 11.8 Å². The van der Waals surface area contributed by atoms with Gasteiger partial charge in [-0.25, -0.2) is 0 Å². The van der Waals surface area contributed by atoms with E-state index in [0.717, 1.165) is 12.8 Å². The van der Waals surface area contributed by atoms with Crippen LogP contribution in [0.4, 0.5) is 0 Å². The molecule has 0 radical (unpaired) electrons. The third-order valence-corrected chi connectivity index (χ3v) is 5.72. The fourth-order valence-electron chi connectivity index (χ4n) is 4.04. The van der Waals surface area contributed by atoms with Crippen LogP contribution in [0.25, 0.3) is 0 Å². The van der Waals surface area contributed by atoms with Gasteiger partial charge in [0.25, 0.3) is 0 Å². The number of cyclic esters (lactones) is 1. The van der Waals surface area contributed by atoms with Gasteiger partial charge in [0.1, 0.15) is 6.10 Å². The minimum Gasteiger partial charge on any atom is -0.465 e. The number of hydrogen-bond donors (Lipinski definition) is 0. The average Bonchev–Trinajstić information content (AvgIpc) is 3.00. The molecule has 0 aromatic carbocycles. The van der Waals surface area contributed by atoms with Gasteiger partial charge < -0.3 is 9.47 Å². The van der Waals surface area contributed by atoms with Crippen molar-refractivity contribution in [3.05, 3.63) is 0 Å². The summed E-state index contributed by atoms with van der Waals surface area (Å²) < 4.78 is 10.9. The molecule has 0 amide bonds. The van der Waals surface area contributed by atoms with Crippen LogP contribution in [0.5, 0.6) is 0 Å². The molecule has 6 unspecified atom stereocenters. The predicted molar refractivity (Wildman–Crippen MR) is 72.7 cm³/mol. The van der Waals surface area contributed by atoms with Gasteiger partial charge in [0.15, 0.2) is 0 Å². The third-order valence-electron chi connectivity index (χ3n) is 5.72. The van der Waals surface area contributed by atoms with Gasteiger partial charge in [0.2, 0.25) is 0 Å². The highest BCUT2D eigenvalue weighted by atomic mass is 16.6. The van der Waals surface area contributed by atoms with Crippen molar-refractivity contribution in [3.63, 3.8) is 0 Å². The maximum absolute atomic E-state index is 12.3. The average molecular weight is 280 g/mol. The molecule has 4 heteroatoms. The maximum atomic E-state index is 12.3. The van der Waals surface area contributed by atoms with E-state index in [4.69, 9.17) is 9.47 Å². The molecule has 2 saturated carbocycles. The second-order valence-corrected chi connectivity index (χ2v) is 7.78. The van der Waals surface area contributed by atoms with Crippen LogP contribution in [0.15, 0.2) is 0 Å². The van der Waals surface area contributed by atoms with Crippen LogP contribution in [-0.4, -0.2) is 24.6 Å². The Labute approximate surface area is 120 Å². The molecule has 2 aliphatic carbocycles. The first-order chi connectivity index (χ1) is 9.29. The molecule has 20 heavy (non-hydrogen) atoms. The summed E-state index contributed by atoms with van der Waals surface area (Å²) in [6, 6.07) is 0. The molecular weight excluding hydrogens is 256 g/mol. The van der Waals surface area contributed by atoms with E-state index in [1.807, 2.05) is 6.92 Å². The SMILES string of the molecule is CC(C(=O)OC1CC2CC1C1COC(=O)C21)C(C)(C)C. The van der Waals surface area contributed by atoms with Crippen LogP contribution in [0.2, 0.25) is 0 Å². The number of fused-ring (bicyclic) bond motifs is 5. The summed E-state index contributed by atoms with van der Waals surface area (Å²) in [6.07, 6.45) is 1.85. The van der Waals surface area contributed by atoms with Crippen LogP contribution in [0.3, 0.4) is 0 Å². The number of carbonyl (C=O) groups excluding carboxylic acids is 2. The fraction of sp³-hybridized carbons (Fsp3) is 0.875. The van der Waals surface area contributed by atoms with Gasteiger partial charge in [-0.05, 0) is 24.2 Å². The Hall–Kier alpha value is -1.06. The van der Waals surface area contributed by atoms with Gasteiger partial charge in [-0.3, -0.25) is 9.59 Å². The van der Waals surface area contributed by atoms with Gasteiger partial charge in [-0.2, -0.15) is 0 Å². The Balaban J connectivity index is 1.64. The maximum Gasteiger partial charge on any atom is 0.309 e. The molecule has 3 rings (SSSR count). The van der Waals surface area contributed by atoms with E-state index in [1.165, 1.54) is 0 Å². The van der Waals surface area contributed by atoms with Crippen molar-refractivity contribution in [1.82, 2.24) is 0 Å². The van der Waals surface area contributed by atoms with E-state index < -0.39 is 0 Å². The molecule has 0 aromatic rings. The molecule has 0 N–H and O–H groups in total. The Morgan fingerprint density at radius 3 is 2.65 bits per heavy atom. The van der Waals surface area contributed by atoms with Crippen molar-refractivity contribution in [2.75, 3.05) is 6.61 Å². The molecule has 1 heterocycles. The summed E-state index contributed by atoms with van der Waals surface area (Å²) in [7, 11) is 0. The highest BCUT2D eigenvalue weighted by Gasteiger charge is 2.60. The Bertz CT molecular complexity index is 436. The van der Waals surface area contributed by atoms with E-state index in [1.54, 1.807) is 0 Å². The lowest BCUT2D eigenvalue weighted by Gasteiger charge is -2.31. The summed E-state index contributed by atoms with van der Waals surface area (Å²) in [5.74, 6) is 0.806. The number of esters is 2. The molecule has 4 nitrogen and oxygen atoms in total. The topological polar surface area (TPSA) is 52.6 Å². The minimum atomic E-state index is -0.112. The molecular formula is C16H24O4. The molecule has 1 saturated heterocycles. The lowest BCUT2D eigenvalue weighted by atomic mass is 9.79. The van der Waals surface area contributed by atoms with E-state index >= 15 is 0 Å². The molecule has 1 aliphatic heterocycles. The second-order valence-electron chi connectivity index (χ2n) is 7.78. The summed E-state index contributed by atoms with van der Waals surface area (Å²) in [6.45, 7) is 8.62.